The molecule has 1 amide bonds. The van der Waals surface area contributed by atoms with Crippen molar-refractivity contribution in [2.45, 2.75) is 38.2 Å². The van der Waals surface area contributed by atoms with Gasteiger partial charge in [0.25, 0.3) is 0 Å². The summed E-state index contributed by atoms with van der Waals surface area (Å²) in [5.41, 5.74) is 0.502. The second-order valence-corrected chi connectivity index (χ2v) is 7.92. The van der Waals surface area contributed by atoms with E-state index in [1.54, 1.807) is 12.4 Å². The van der Waals surface area contributed by atoms with Gasteiger partial charge in [0.1, 0.15) is 11.9 Å². The molecule has 1 aromatic heterocycles. The first-order chi connectivity index (χ1) is 11.8. The molecule has 1 saturated heterocycles. The number of rotatable bonds is 3. The lowest BCUT2D eigenvalue weighted by Gasteiger charge is -2.35. The van der Waals surface area contributed by atoms with Crippen LogP contribution < -0.4 is 4.74 Å². The molecule has 5 heteroatoms. The van der Waals surface area contributed by atoms with Crippen LogP contribution in [0.3, 0.4) is 0 Å². The van der Waals surface area contributed by atoms with Gasteiger partial charge in [0, 0.05) is 38.0 Å². The second-order valence-electron chi connectivity index (χ2n) is 7.92. The number of allylic oxidation sites excluding steroid dienone is 2. The molecule has 2 bridgehead atoms. The van der Waals surface area contributed by atoms with E-state index >= 15 is 0 Å². The van der Waals surface area contributed by atoms with Crippen LogP contribution in [0.2, 0.25) is 0 Å². The van der Waals surface area contributed by atoms with Gasteiger partial charge < -0.3 is 9.64 Å². The Bertz CT molecular complexity index is 666. The number of nitrogens with zero attached hydrogens (tertiary/aromatic N) is 2. The fraction of sp³-hybridized carbons (Fsp3) is 0.600. The average Bonchev–Trinajstić information content (AvgIpc) is 3.29. The van der Waals surface area contributed by atoms with E-state index in [1.807, 2.05) is 12.1 Å². The highest BCUT2D eigenvalue weighted by atomic mass is 35.5. The summed E-state index contributed by atoms with van der Waals surface area (Å²) >= 11 is 0. The van der Waals surface area contributed by atoms with Gasteiger partial charge in [-0.25, -0.2) is 0 Å². The van der Waals surface area contributed by atoms with Crippen LogP contribution in [0, 0.1) is 23.2 Å². The zero-order valence-corrected chi connectivity index (χ0v) is 15.2. The molecule has 4 nitrogen and oxygen atoms in total. The minimum Gasteiger partial charge on any atom is -0.489 e. The highest BCUT2D eigenvalue weighted by Gasteiger charge is 2.64. The van der Waals surface area contributed by atoms with Crippen LogP contribution in [0.5, 0.6) is 5.75 Å². The van der Waals surface area contributed by atoms with Crippen molar-refractivity contribution in [1.82, 2.24) is 9.88 Å². The Morgan fingerprint density at radius 2 is 2.04 bits per heavy atom. The van der Waals surface area contributed by atoms with Crippen LogP contribution >= 0.6 is 12.4 Å². The van der Waals surface area contributed by atoms with Gasteiger partial charge in [0.2, 0.25) is 5.91 Å². The largest absolute Gasteiger partial charge is 0.489 e. The number of amides is 1. The van der Waals surface area contributed by atoms with E-state index in [0.717, 1.165) is 38.1 Å². The maximum atomic E-state index is 13.0. The standard InChI is InChI=1S/C20H24N2O2.ClH/c23-19(17-12-14-3-4-18(17)20(14)7-8-20)22-10-5-15(6-11-22)24-16-2-1-9-21-13-16;/h1-4,9,13-15,17-18H,5-8,10-12H2;1H. The molecule has 3 atom stereocenters. The van der Waals surface area contributed by atoms with E-state index in [1.165, 1.54) is 12.8 Å². The molecule has 2 heterocycles. The van der Waals surface area contributed by atoms with Crippen molar-refractivity contribution in [1.29, 1.82) is 0 Å². The second kappa shape index (κ2) is 6.31. The number of ether oxygens (including phenoxy) is 1. The van der Waals surface area contributed by atoms with E-state index < -0.39 is 0 Å². The molecule has 1 aliphatic heterocycles. The number of halogens is 1. The summed E-state index contributed by atoms with van der Waals surface area (Å²) < 4.78 is 5.99. The number of aromatic nitrogens is 1. The number of carbonyl (C=O) groups is 1. The average molecular weight is 361 g/mol. The summed E-state index contributed by atoms with van der Waals surface area (Å²) in [6.45, 7) is 1.66. The Morgan fingerprint density at radius 3 is 2.68 bits per heavy atom. The summed E-state index contributed by atoms with van der Waals surface area (Å²) in [5.74, 6) is 2.69. The lowest BCUT2D eigenvalue weighted by atomic mass is 9.87. The lowest BCUT2D eigenvalue weighted by Crippen LogP contribution is -2.45. The molecule has 3 fully saturated rings. The normalized spacial score (nSPS) is 31.8. The van der Waals surface area contributed by atoms with E-state index in [4.69, 9.17) is 4.74 Å². The van der Waals surface area contributed by atoms with Crippen LogP contribution in [0.1, 0.15) is 32.1 Å². The monoisotopic (exact) mass is 360 g/mol. The van der Waals surface area contributed by atoms with E-state index in [2.05, 4.69) is 22.0 Å². The molecule has 1 spiro atoms. The first kappa shape index (κ1) is 16.9. The first-order valence-electron chi connectivity index (χ1n) is 9.30. The molecule has 3 aliphatic carbocycles. The SMILES string of the molecule is Cl.O=C(C1CC2C=CC1C21CC1)N1CCC(Oc2cccnc2)CC1. The molecule has 0 N–H and O–H groups in total. The van der Waals surface area contributed by atoms with E-state index in [9.17, 15) is 4.79 Å². The Balaban J connectivity index is 0.00000157. The molecular formula is C20H25ClN2O2. The van der Waals surface area contributed by atoms with Crippen molar-refractivity contribution in [3.8, 4) is 5.75 Å². The van der Waals surface area contributed by atoms with Crippen LogP contribution in [-0.2, 0) is 4.79 Å². The first-order valence-corrected chi connectivity index (χ1v) is 9.30. The molecule has 0 radical (unpaired) electrons. The maximum absolute atomic E-state index is 13.0. The highest BCUT2D eigenvalue weighted by Crippen LogP contribution is 2.70. The van der Waals surface area contributed by atoms with Crippen LogP contribution in [0.4, 0.5) is 0 Å². The zero-order valence-electron chi connectivity index (χ0n) is 14.3. The third kappa shape index (κ3) is 2.75. The van der Waals surface area contributed by atoms with Crippen molar-refractivity contribution in [2.75, 3.05) is 13.1 Å². The zero-order chi connectivity index (χ0) is 16.1. The summed E-state index contributed by atoms with van der Waals surface area (Å²) in [4.78, 5) is 19.2. The lowest BCUT2D eigenvalue weighted by molar-refractivity contribution is -0.138. The summed E-state index contributed by atoms with van der Waals surface area (Å²) in [6, 6.07) is 3.84. The van der Waals surface area contributed by atoms with Crippen molar-refractivity contribution < 1.29 is 9.53 Å². The number of likely N-dealkylation sites (tertiary alicyclic amines) is 1. The van der Waals surface area contributed by atoms with Gasteiger partial charge in [-0.1, -0.05) is 12.2 Å². The predicted molar refractivity (Wildman–Crippen MR) is 97.6 cm³/mol. The van der Waals surface area contributed by atoms with Crippen LogP contribution in [0.15, 0.2) is 36.7 Å². The maximum Gasteiger partial charge on any atom is 0.226 e. The molecule has 2 saturated carbocycles. The molecule has 4 aliphatic rings. The van der Waals surface area contributed by atoms with Crippen LogP contribution in [0.25, 0.3) is 0 Å². The minimum atomic E-state index is 0. The highest BCUT2D eigenvalue weighted by molar-refractivity contribution is 5.85. The van der Waals surface area contributed by atoms with Gasteiger partial charge in [-0.2, -0.15) is 0 Å². The molecule has 5 rings (SSSR count). The summed E-state index contributed by atoms with van der Waals surface area (Å²) in [6.07, 6.45) is 14.0. The Hall–Kier alpha value is -1.55. The van der Waals surface area contributed by atoms with Gasteiger partial charge in [0.05, 0.1) is 6.20 Å². The van der Waals surface area contributed by atoms with Gasteiger partial charge >= 0.3 is 0 Å². The number of piperidine rings is 1. The predicted octanol–water partition coefficient (Wildman–Crippen LogP) is 3.48. The summed E-state index contributed by atoms with van der Waals surface area (Å²) in [7, 11) is 0. The fourth-order valence-electron chi connectivity index (χ4n) is 5.29. The minimum absolute atomic E-state index is 0. The smallest absolute Gasteiger partial charge is 0.226 e. The Kier molecular flexibility index (Phi) is 4.27. The van der Waals surface area contributed by atoms with Crippen molar-refractivity contribution in [3.63, 3.8) is 0 Å². The summed E-state index contributed by atoms with van der Waals surface area (Å²) in [5, 5.41) is 0. The number of pyridine rings is 1. The number of carbonyl (C=O) groups excluding carboxylic acids is 1. The van der Waals surface area contributed by atoms with Crippen LogP contribution in [-0.4, -0.2) is 35.0 Å². The van der Waals surface area contributed by atoms with Crippen molar-refractivity contribution in [2.24, 2.45) is 23.2 Å². The molecule has 0 aromatic carbocycles. The van der Waals surface area contributed by atoms with Crippen molar-refractivity contribution in [3.05, 3.63) is 36.7 Å². The van der Waals surface area contributed by atoms with Gasteiger partial charge in [-0.05, 0) is 48.6 Å². The third-order valence-electron chi connectivity index (χ3n) is 6.73. The molecular weight excluding hydrogens is 336 g/mol. The van der Waals surface area contributed by atoms with Gasteiger partial charge in [-0.15, -0.1) is 12.4 Å². The number of hydrogen-bond donors (Lipinski definition) is 0. The third-order valence-corrected chi connectivity index (χ3v) is 6.73. The quantitative estimate of drug-likeness (QED) is 0.775. The topological polar surface area (TPSA) is 42.4 Å². The molecule has 3 unspecified atom stereocenters. The molecule has 134 valence electrons. The molecule has 1 aromatic rings. The van der Waals surface area contributed by atoms with Gasteiger partial charge in [-0.3, -0.25) is 9.78 Å². The Morgan fingerprint density at radius 1 is 1.24 bits per heavy atom. The fourth-order valence-corrected chi connectivity index (χ4v) is 5.29. The van der Waals surface area contributed by atoms with E-state index in [0.29, 0.717) is 23.2 Å². The van der Waals surface area contributed by atoms with Gasteiger partial charge in [0.15, 0.2) is 0 Å². The number of hydrogen-bond acceptors (Lipinski definition) is 3. The van der Waals surface area contributed by atoms with E-state index in [-0.39, 0.29) is 24.4 Å². The Labute approximate surface area is 155 Å². The van der Waals surface area contributed by atoms with Crippen molar-refractivity contribution >= 4 is 18.3 Å². The molecule has 25 heavy (non-hydrogen) atoms.